The molecule has 3 aliphatic carbocycles. The van der Waals surface area contributed by atoms with Gasteiger partial charge in [0.05, 0.1) is 11.1 Å². The second kappa shape index (κ2) is 10.2. The van der Waals surface area contributed by atoms with Crippen LogP contribution in [0, 0.1) is 16.7 Å². The van der Waals surface area contributed by atoms with Crippen molar-refractivity contribution in [2.24, 2.45) is 16.7 Å². The van der Waals surface area contributed by atoms with Crippen LogP contribution in [0.2, 0.25) is 0 Å². The highest BCUT2D eigenvalue weighted by atomic mass is 16.6. The molecule has 6 atom stereocenters. The van der Waals surface area contributed by atoms with E-state index in [1.165, 1.54) is 12.2 Å². The Bertz CT molecular complexity index is 1420. The van der Waals surface area contributed by atoms with Crippen LogP contribution in [0.25, 0.3) is 0 Å². The topological polar surface area (TPSA) is 99.1 Å². The summed E-state index contributed by atoms with van der Waals surface area (Å²) in [7, 11) is 0. The van der Waals surface area contributed by atoms with Crippen molar-refractivity contribution in [3.05, 3.63) is 101 Å². The van der Waals surface area contributed by atoms with E-state index in [9.17, 15) is 19.5 Å². The lowest BCUT2D eigenvalue weighted by Crippen LogP contribution is -2.72. The van der Waals surface area contributed by atoms with Crippen molar-refractivity contribution < 1.29 is 33.7 Å². The average Bonchev–Trinajstić information content (AvgIpc) is 3.62. The van der Waals surface area contributed by atoms with Crippen molar-refractivity contribution in [2.45, 2.75) is 58.3 Å². The molecule has 7 nitrogen and oxygen atoms in total. The van der Waals surface area contributed by atoms with E-state index < -0.39 is 46.5 Å². The minimum Gasteiger partial charge on any atom is -0.458 e. The molecule has 1 fully saturated rings. The van der Waals surface area contributed by atoms with Crippen molar-refractivity contribution in [1.82, 2.24) is 0 Å². The number of allylic oxidation sites excluding steroid dienone is 2. The van der Waals surface area contributed by atoms with E-state index in [1.54, 1.807) is 49.4 Å². The van der Waals surface area contributed by atoms with Gasteiger partial charge in [-0.05, 0) is 68.5 Å². The third-order valence-electron chi connectivity index (χ3n) is 9.35. The molecule has 5 rings (SSSR count). The highest BCUT2D eigenvalue weighted by Crippen LogP contribution is 2.63. The third-order valence-corrected chi connectivity index (χ3v) is 9.35. The molecule has 0 aromatic heterocycles. The molecule has 0 saturated heterocycles. The van der Waals surface area contributed by atoms with Gasteiger partial charge in [-0.15, -0.1) is 5.73 Å². The molecule has 0 amide bonds. The van der Waals surface area contributed by atoms with E-state index in [4.69, 9.17) is 14.2 Å². The Morgan fingerprint density at radius 1 is 1.10 bits per heavy atom. The summed E-state index contributed by atoms with van der Waals surface area (Å²) in [5.74, 6) is -1.82. The lowest BCUT2D eigenvalue weighted by atomic mass is 9.44. The minimum absolute atomic E-state index is 0.150. The Balaban J connectivity index is 1.63. The first kappa shape index (κ1) is 27.6. The molecular formula is C33H34O7. The number of hydrogen-bond donors (Lipinski definition) is 1. The van der Waals surface area contributed by atoms with E-state index in [0.29, 0.717) is 17.6 Å². The number of aliphatic hydroxyl groups is 1. The molecule has 1 N–H and O–H groups in total. The molecule has 1 saturated carbocycles. The van der Waals surface area contributed by atoms with Crippen molar-refractivity contribution in [2.75, 3.05) is 6.61 Å². The van der Waals surface area contributed by atoms with Gasteiger partial charge in [0.2, 0.25) is 0 Å². The molecule has 6 unspecified atom stereocenters. The van der Waals surface area contributed by atoms with Gasteiger partial charge in [-0.1, -0.05) is 55.8 Å². The summed E-state index contributed by atoms with van der Waals surface area (Å²) in [5, 5.41) is 12.5. The zero-order valence-corrected chi connectivity index (χ0v) is 23.2. The summed E-state index contributed by atoms with van der Waals surface area (Å²) in [6.07, 6.45) is 11.2. The Morgan fingerprint density at radius 3 is 2.48 bits per heavy atom. The Hall–Kier alpha value is -3.93. The average molecular weight is 543 g/mol. The van der Waals surface area contributed by atoms with Gasteiger partial charge < -0.3 is 19.3 Å². The predicted molar refractivity (Wildman–Crippen MR) is 148 cm³/mol. The van der Waals surface area contributed by atoms with Crippen LogP contribution in [0.4, 0.5) is 0 Å². The molecule has 0 radical (unpaired) electrons. The largest absolute Gasteiger partial charge is 0.458 e. The zero-order valence-electron chi connectivity index (χ0n) is 23.2. The number of cyclic esters (lactones) is 1. The quantitative estimate of drug-likeness (QED) is 0.235. The number of fused-ring (bicyclic) bond motifs is 1. The van der Waals surface area contributed by atoms with Crippen LogP contribution in [0.5, 0.6) is 0 Å². The minimum atomic E-state index is -1.68. The molecule has 1 heterocycles. The number of hydrogen-bond acceptors (Lipinski definition) is 7. The summed E-state index contributed by atoms with van der Waals surface area (Å²) in [4.78, 5) is 38.5. The number of ether oxygens (including phenoxy) is 3. The molecule has 4 aliphatic rings. The molecule has 1 aromatic rings. The summed E-state index contributed by atoms with van der Waals surface area (Å²) >= 11 is 0. The first-order valence-electron chi connectivity index (χ1n) is 13.5. The molecule has 1 aliphatic heterocycles. The Morgan fingerprint density at radius 2 is 1.82 bits per heavy atom. The van der Waals surface area contributed by atoms with E-state index in [2.05, 4.69) is 11.8 Å². The molecule has 208 valence electrons. The second-order valence-electron chi connectivity index (χ2n) is 11.5. The van der Waals surface area contributed by atoms with Crippen molar-refractivity contribution in [1.29, 1.82) is 0 Å². The maximum Gasteiger partial charge on any atom is 0.339 e. The summed E-state index contributed by atoms with van der Waals surface area (Å²) in [6, 6.07) is 8.64. The standard InChI is InChI=1S/C33H34O7/c1-21-11-10-16-25-31(2,18-17-22-19-26(34)38-20-22)33(4,37)28(40-30(36)24-14-8-9-15-24)27(32(21,25)3)39-29(35)23-12-6-5-7-13-23/h5-8,11-15,17-19,25,27-28,37H,10,16,20H2,1-4H3. The number of esters is 3. The first-order valence-corrected chi connectivity index (χ1v) is 13.5. The van der Waals surface area contributed by atoms with Gasteiger partial charge >= 0.3 is 17.9 Å². The monoisotopic (exact) mass is 542 g/mol. The number of carbonyl (C=O) groups is 3. The van der Waals surface area contributed by atoms with Gasteiger partial charge in [0, 0.05) is 16.9 Å². The Labute approximate surface area is 234 Å². The van der Waals surface area contributed by atoms with Crippen LogP contribution in [-0.4, -0.2) is 47.4 Å². The summed E-state index contributed by atoms with van der Waals surface area (Å²) in [6.45, 7) is 7.74. The zero-order chi connectivity index (χ0) is 28.7. The van der Waals surface area contributed by atoms with Crippen molar-refractivity contribution in [3.8, 4) is 0 Å². The lowest BCUT2D eigenvalue weighted by Gasteiger charge is -2.64. The van der Waals surface area contributed by atoms with Gasteiger partial charge in [-0.3, -0.25) is 0 Å². The fraction of sp³-hybridized carbons (Fsp3) is 0.394. The van der Waals surface area contributed by atoms with Crippen LogP contribution in [0.15, 0.2) is 95.3 Å². The normalized spacial score (nSPS) is 34.6. The van der Waals surface area contributed by atoms with Gasteiger partial charge in [0.25, 0.3) is 0 Å². The highest BCUT2D eigenvalue weighted by Gasteiger charge is 2.69. The maximum atomic E-state index is 13.5. The van der Waals surface area contributed by atoms with Crippen LogP contribution in [0.1, 0.15) is 50.9 Å². The van der Waals surface area contributed by atoms with E-state index in [1.807, 2.05) is 32.9 Å². The highest BCUT2D eigenvalue weighted by molar-refractivity contribution is 5.93. The molecule has 0 spiro atoms. The number of carbonyl (C=O) groups excluding carboxylic acids is 3. The fourth-order valence-electron chi connectivity index (χ4n) is 6.68. The second-order valence-corrected chi connectivity index (χ2v) is 11.5. The van der Waals surface area contributed by atoms with Crippen LogP contribution < -0.4 is 0 Å². The van der Waals surface area contributed by atoms with Gasteiger partial charge in [0.15, 0.2) is 12.2 Å². The van der Waals surface area contributed by atoms with Crippen LogP contribution >= 0.6 is 0 Å². The summed E-state index contributed by atoms with van der Waals surface area (Å²) < 4.78 is 17.4. The lowest BCUT2D eigenvalue weighted by molar-refractivity contribution is -0.258. The smallest absolute Gasteiger partial charge is 0.339 e. The Kier molecular flexibility index (Phi) is 7.07. The number of benzene rings is 1. The van der Waals surface area contributed by atoms with Gasteiger partial charge in [0.1, 0.15) is 12.2 Å². The van der Waals surface area contributed by atoms with Gasteiger partial charge in [-0.2, -0.15) is 0 Å². The molecule has 0 bridgehead atoms. The molecule has 1 aromatic carbocycles. The molecular weight excluding hydrogens is 508 g/mol. The number of rotatable bonds is 6. The van der Waals surface area contributed by atoms with Gasteiger partial charge in [-0.25, -0.2) is 14.4 Å². The van der Waals surface area contributed by atoms with Crippen molar-refractivity contribution >= 4 is 17.9 Å². The van der Waals surface area contributed by atoms with E-state index in [-0.39, 0.29) is 18.1 Å². The van der Waals surface area contributed by atoms with Crippen LogP contribution in [0.3, 0.4) is 0 Å². The molecule has 40 heavy (non-hydrogen) atoms. The molecule has 7 heteroatoms. The SMILES string of the molecule is CC1=CCCC2C1(C)C(OC(=O)c1ccccc1)C(OC(=O)C1=CC=C=C1)C(C)(O)C2(C)C=CC1=CC(=O)OC1. The van der Waals surface area contributed by atoms with E-state index >= 15 is 0 Å². The van der Waals surface area contributed by atoms with Crippen LogP contribution in [-0.2, 0) is 23.8 Å². The summed E-state index contributed by atoms with van der Waals surface area (Å²) in [5.41, 5.74) is 1.76. The first-order chi connectivity index (χ1) is 19.0. The maximum absolute atomic E-state index is 13.5. The van der Waals surface area contributed by atoms with Crippen molar-refractivity contribution in [3.63, 3.8) is 0 Å². The van der Waals surface area contributed by atoms with E-state index in [0.717, 1.165) is 12.0 Å². The predicted octanol–water partition coefficient (Wildman–Crippen LogP) is 4.95. The third kappa shape index (κ3) is 4.49. The fourth-order valence-corrected chi connectivity index (χ4v) is 6.68.